The minimum absolute atomic E-state index is 0.00957. The van der Waals surface area contributed by atoms with Gasteiger partial charge in [-0.15, -0.1) is 0 Å². The zero-order chi connectivity index (χ0) is 13.3. The maximum atomic E-state index is 13.6. The fraction of sp³-hybridized carbons (Fsp3) is 0. The predicted octanol–water partition coefficient (Wildman–Crippen LogP) is 4.71. The summed E-state index contributed by atoms with van der Waals surface area (Å²) >= 11 is 8.74. The lowest BCUT2D eigenvalue weighted by atomic mass is 10.2. The Morgan fingerprint density at radius 3 is 2.56 bits per heavy atom. The Hall–Kier alpha value is -1.33. The number of nitrogen functional groups attached to an aromatic ring is 1. The molecule has 0 heterocycles. The van der Waals surface area contributed by atoms with Gasteiger partial charge in [-0.05, 0) is 34.1 Å². The molecule has 0 fully saturated rings. The number of nitrogens with two attached hydrogens (primary N) is 1. The summed E-state index contributed by atoms with van der Waals surface area (Å²) in [5.74, 6) is -1.16. The fourth-order valence-corrected chi connectivity index (χ4v) is 1.90. The molecule has 0 aliphatic rings. The van der Waals surface area contributed by atoms with Gasteiger partial charge < -0.3 is 11.1 Å². The molecule has 0 spiro atoms. The van der Waals surface area contributed by atoms with Crippen LogP contribution in [0.5, 0.6) is 0 Å². The fourth-order valence-electron chi connectivity index (χ4n) is 1.41. The van der Waals surface area contributed by atoms with E-state index in [0.29, 0.717) is 10.7 Å². The van der Waals surface area contributed by atoms with Crippen LogP contribution in [0.3, 0.4) is 0 Å². The van der Waals surface area contributed by atoms with Gasteiger partial charge in [0.05, 0.1) is 26.6 Å². The first kappa shape index (κ1) is 13.1. The molecular weight excluding hydrogens is 325 g/mol. The van der Waals surface area contributed by atoms with Crippen LogP contribution >= 0.6 is 27.5 Å². The lowest BCUT2D eigenvalue weighted by Gasteiger charge is -2.11. The Morgan fingerprint density at radius 2 is 1.83 bits per heavy atom. The molecule has 2 aromatic rings. The van der Waals surface area contributed by atoms with Crippen molar-refractivity contribution in [3.05, 3.63) is 51.5 Å². The second-order valence-electron chi connectivity index (χ2n) is 3.57. The molecule has 3 N–H and O–H groups in total. The van der Waals surface area contributed by atoms with Gasteiger partial charge in [-0.2, -0.15) is 0 Å². The second-order valence-corrected chi connectivity index (χ2v) is 4.83. The smallest absolute Gasteiger partial charge is 0.147 e. The van der Waals surface area contributed by atoms with Crippen molar-refractivity contribution in [1.29, 1.82) is 0 Å². The number of rotatable bonds is 2. The van der Waals surface area contributed by atoms with Crippen molar-refractivity contribution in [3.8, 4) is 0 Å². The molecule has 0 unspecified atom stereocenters. The maximum Gasteiger partial charge on any atom is 0.147 e. The molecule has 18 heavy (non-hydrogen) atoms. The SMILES string of the molecule is Nc1c(Cl)cccc1Nc1cc(F)c(Br)cc1F. The van der Waals surface area contributed by atoms with Gasteiger partial charge in [-0.1, -0.05) is 17.7 Å². The van der Waals surface area contributed by atoms with Crippen LogP contribution in [-0.4, -0.2) is 0 Å². The minimum Gasteiger partial charge on any atom is -0.396 e. The van der Waals surface area contributed by atoms with Crippen molar-refractivity contribution in [2.24, 2.45) is 0 Å². The molecule has 2 nitrogen and oxygen atoms in total. The topological polar surface area (TPSA) is 38.0 Å². The quantitative estimate of drug-likeness (QED) is 0.617. The van der Waals surface area contributed by atoms with Gasteiger partial charge in [0.15, 0.2) is 0 Å². The third kappa shape index (κ3) is 2.57. The van der Waals surface area contributed by atoms with E-state index in [9.17, 15) is 8.78 Å². The number of halogens is 4. The van der Waals surface area contributed by atoms with Gasteiger partial charge in [0.1, 0.15) is 11.6 Å². The number of benzene rings is 2. The summed E-state index contributed by atoms with van der Waals surface area (Å²) in [5, 5.41) is 3.05. The maximum absolute atomic E-state index is 13.6. The van der Waals surface area contributed by atoms with E-state index in [1.807, 2.05) is 0 Å². The van der Waals surface area contributed by atoms with Gasteiger partial charge >= 0.3 is 0 Å². The van der Waals surface area contributed by atoms with Gasteiger partial charge in [0.25, 0.3) is 0 Å². The molecule has 2 aromatic carbocycles. The zero-order valence-electron chi connectivity index (χ0n) is 8.98. The summed E-state index contributed by atoms with van der Waals surface area (Å²) in [6, 6.07) is 6.98. The molecule has 0 saturated heterocycles. The summed E-state index contributed by atoms with van der Waals surface area (Å²) in [6.07, 6.45) is 0. The molecule has 6 heteroatoms. The Balaban J connectivity index is 2.40. The molecule has 94 valence electrons. The van der Waals surface area contributed by atoms with Crippen LogP contribution in [0.4, 0.5) is 25.8 Å². The van der Waals surface area contributed by atoms with E-state index in [4.69, 9.17) is 17.3 Å². The highest BCUT2D eigenvalue weighted by molar-refractivity contribution is 9.10. The number of hydrogen-bond acceptors (Lipinski definition) is 2. The molecule has 0 aliphatic heterocycles. The van der Waals surface area contributed by atoms with Crippen LogP contribution in [0, 0.1) is 11.6 Å². The zero-order valence-corrected chi connectivity index (χ0v) is 11.3. The summed E-state index contributed by atoms with van der Waals surface area (Å²) in [6.45, 7) is 0. The molecule has 2 rings (SSSR count). The number of hydrogen-bond donors (Lipinski definition) is 2. The van der Waals surface area contributed by atoms with E-state index < -0.39 is 11.6 Å². The van der Waals surface area contributed by atoms with E-state index >= 15 is 0 Å². The van der Waals surface area contributed by atoms with Crippen LogP contribution in [0.2, 0.25) is 5.02 Å². The molecule has 0 amide bonds. The van der Waals surface area contributed by atoms with Crippen LogP contribution in [0.1, 0.15) is 0 Å². The molecular formula is C12H8BrClF2N2. The Kier molecular flexibility index (Phi) is 3.73. The largest absolute Gasteiger partial charge is 0.396 e. The van der Waals surface area contributed by atoms with E-state index in [1.165, 1.54) is 0 Å². The standard InChI is InChI=1S/C12H8BrClF2N2/c13-6-4-9(16)11(5-8(6)15)18-10-3-1-2-7(14)12(10)17/h1-5,18H,17H2. The van der Waals surface area contributed by atoms with Crippen molar-refractivity contribution < 1.29 is 8.78 Å². The van der Waals surface area contributed by atoms with E-state index in [-0.39, 0.29) is 15.8 Å². The number of nitrogens with one attached hydrogen (secondary N) is 1. The van der Waals surface area contributed by atoms with Gasteiger partial charge in [0, 0.05) is 6.07 Å². The summed E-state index contributed by atoms with van der Waals surface area (Å²) in [7, 11) is 0. The van der Waals surface area contributed by atoms with Gasteiger partial charge in [0.2, 0.25) is 0 Å². The first-order chi connectivity index (χ1) is 8.49. The highest BCUT2D eigenvalue weighted by Crippen LogP contribution is 2.31. The average Bonchev–Trinajstić information content (AvgIpc) is 2.32. The minimum atomic E-state index is -0.595. The Bertz CT molecular complexity index is 605. The predicted molar refractivity (Wildman–Crippen MR) is 73.2 cm³/mol. The molecule has 0 aromatic heterocycles. The van der Waals surface area contributed by atoms with Crippen LogP contribution in [0.15, 0.2) is 34.8 Å². The Labute approximate surface area is 116 Å². The van der Waals surface area contributed by atoms with Crippen LogP contribution < -0.4 is 11.1 Å². The molecule has 0 atom stereocenters. The lowest BCUT2D eigenvalue weighted by Crippen LogP contribution is -1.99. The van der Waals surface area contributed by atoms with Crippen molar-refractivity contribution >= 4 is 44.6 Å². The number of para-hydroxylation sites is 1. The monoisotopic (exact) mass is 332 g/mol. The normalized spacial score (nSPS) is 10.4. The van der Waals surface area contributed by atoms with Gasteiger partial charge in [-0.3, -0.25) is 0 Å². The lowest BCUT2D eigenvalue weighted by molar-refractivity contribution is 0.598. The third-order valence-electron chi connectivity index (χ3n) is 2.33. The highest BCUT2D eigenvalue weighted by atomic mass is 79.9. The third-order valence-corrected chi connectivity index (χ3v) is 3.27. The van der Waals surface area contributed by atoms with Gasteiger partial charge in [-0.25, -0.2) is 8.78 Å². The number of anilines is 3. The summed E-state index contributed by atoms with van der Waals surface area (Å²) < 4.78 is 27.0. The van der Waals surface area contributed by atoms with Crippen molar-refractivity contribution in [2.45, 2.75) is 0 Å². The summed E-state index contributed by atoms with van der Waals surface area (Å²) in [5.41, 5.74) is 6.42. The van der Waals surface area contributed by atoms with Crippen molar-refractivity contribution in [3.63, 3.8) is 0 Å². The van der Waals surface area contributed by atoms with E-state index in [1.54, 1.807) is 18.2 Å². The first-order valence-electron chi connectivity index (χ1n) is 4.94. The Morgan fingerprint density at radius 1 is 1.11 bits per heavy atom. The molecule has 0 saturated carbocycles. The highest BCUT2D eigenvalue weighted by Gasteiger charge is 2.10. The van der Waals surface area contributed by atoms with E-state index in [0.717, 1.165) is 12.1 Å². The van der Waals surface area contributed by atoms with Crippen LogP contribution in [0.25, 0.3) is 0 Å². The van der Waals surface area contributed by atoms with Crippen molar-refractivity contribution in [2.75, 3.05) is 11.1 Å². The molecule has 0 bridgehead atoms. The van der Waals surface area contributed by atoms with Crippen LogP contribution in [-0.2, 0) is 0 Å². The molecule has 0 radical (unpaired) electrons. The van der Waals surface area contributed by atoms with E-state index in [2.05, 4.69) is 21.2 Å². The van der Waals surface area contributed by atoms with Crippen molar-refractivity contribution in [1.82, 2.24) is 0 Å². The second kappa shape index (κ2) is 5.12. The summed E-state index contributed by atoms with van der Waals surface area (Å²) in [4.78, 5) is 0. The average molecular weight is 334 g/mol. The molecule has 0 aliphatic carbocycles. The first-order valence-corrected chi connectivity index (χ1v) is 6.11.